The molecule has 0 N–H and O–H groups in total. The van der Waals surface area contributed by atoms with Crippen LogP contribution >= 0.6 is 0 Å². The lowest BCUT2D eigenvalue weighted by atomic mass is 9.91. The van der Waals surface area contributed by atoms with Gasteiger partial charge < -0.3 is 9.13 Å². The highest BCUT2D eigenvalue weighted by Gasteiger charge is 2.19. The van der Waals surface area contributed by atoms with Crippen molar-refractivity contribution >= 4 is 43.6 Å². The molecule has 2 aromatic heterocycles. The van der Waals surface area contributed by atoms with E-state index in [2.05, 4.69) is 143 Å². The Morgan fingerprint density at radius 2 is 0.812 bits per heavy atom. The first-order valence-corrected chi connectivity index (χ1v) is 15.9. The van der Waals surface area contributed by atoms with E-state index in [0.29, 0.717) is 11.1 Å². The molecule has 0 saturated carbocycles. The second-order valence-corrected chi connectivity index (χ2v) is 12.0. The summed E-state index contributed by atoms with van der Waals surface area (Å²) in [6.07, 6.45) is 0. The van der Waals surface area contributed by atoms with Gasteiger partial charge in [0.2, 0.25) is 0 Å². The van der Waals surface area contributed by atoms with Crippen LogP contribution in [0.15, 0.2) is 158 Å². The van der Waals surface area contributed by atoms with Crippen molar-refractivity contribution in [2.75, 3.05) is 0 Å². The molecule has 4 heteroatoms. The van der Waals surface area contributed by atoms with Crippen LogP contribution in [0.4, 0.5) is 0 Å². The third kappa shape index (κ3) is 4.14. The van der Waals surface area contributed by atoms with Crippen molar-refractivity contribution in [3.05, 3.63) is 169 Å². The van der Waals surface area contributed by atoms with E-state index in [9.17, 15) is 10.5 Å². The minimum absolute atomic E-state index is 0.585. The molecule has 0 aliphatic rings. The lowest BCUT2D eigenvalue weighted by molar-refractivity contribution is 1.18. The van der Waals surface area contributed by atoms with Gasteiger partial charge in [0.25, 0.3) is 0 Å². The number of para-hydroxylation sites is 4. The molecule has 2 heterocycles. The highest BCUT2D eigenvalue weighted by molar-refractivity contribution is 6.10. The molecule has 0 aliphatic carbocycles. The summed E-state index contributed by atoms with van der Waals surface area (Å²) in [5, 5.41) is 24.7. The molecule has 0 aliphatic heterocycles. The molecule has 9 rings (SSSR count). The summed E-state index contributed by atoms with van der Waals surface area (Å²) < 4.78 is 4.57. The average molecular weight is 611 g/mol. The number of nitrogens with zero attached hydrogens (tertiary/aromatic N) is 4. The molecule has 0 amide bonds. The van der Waals surface area contributed by atoms with E-state index in [1.54, 1.807) is 0 Å². The lowest BCUT2D eigenvalue weighted by Crippen LogP contribution is -1.99. The molecule has 222 valence electrons. The van der Waals surface area contributed by atoms with E-state index in [1.165, 1.54) is 10.8 Å². The molecule has 0 radical (unpaired) electrons. The number of benzene rings is 7. The van der Waals surface area contributed by atoms with Gasteiger partial charge in [-0.25, -0.2) is 0 Å². The van der Waals surface area contributed by atoms with Gasteiger partial charge in [0.05, 0.1) is 51.0 Å². The van der Waals surface area contributed by atoms with Crippen LogP contribution in [-0.4, -0.2) is 9.13 Å². The van der Waals surface area contributed by atoms with Gasteiger partial charge in [0, 0.05) is 32.8 Å². The zero-order valence-corrected chi connectivity index (χ0v) is 25.8. The summed E-state index contributed by atoms with van der Waals surface area (Å²) in [6.45, 7) is 0. The minimum atomic E-state index is 0.585. The predicted molar refractivity (Wildman–Crippen MR) is 195 cm³/mol. The van der Waals surface area contributed by atoms with Gasteiger partial charge in [-0.15, -0.1) is 0 Å². The van der Waals surface area contributed by atoms with Gasteiger partial charge in [-0.3, -0.25) is 0 Å². The fourth-order valence-corrected chi connectivity index (χ4v) is 7.27. The van der Waals surface area contributed by atoms with Crippen molar-refractivity contribution in [2.24, 2.45) is 0 Å². The fourth-order valence-electron chi connectivity index (χ4n) is 7.27. The Morgan fingerprint density at radius 1 is 0.375 bits per heavy atom. The fraction of sp³-hybridized carbons (Fsp3) is 0. The molecule has 9 aromatic rings. The predicted octanol–water partition coefficient (Wildman–Crippen LogP) is 11.0. The SMILES string of the molecule is N#Cc1ccc(-c2ccc(C#N)cc2-n2c3ccccc3c3ccccc32)c(-c2ccc(-n3c4ccccc4c4ccccc43)cc2)c1. The van der Waals surface area contributed by atoms with E-state index in [1.807, 2.05) is 36.4 Å². The van der Waals surface area contributed by atoms with Gasteiger partial charge in [-0.1, -0.05) is 97.1 Å². The van der Waals surface area contributed by atoms with Gasteiger partial charge in [-0.05, 0) is 77.4 Å². The lowest BCUT2D eigenvalue weighted by Gasteiger charge is -2.18. The molecule has 0 fully saturated rings. The quantitative estimate of drug-likeness (QED) is 0.199. The molecule has 7 aromatic carbocycles. The number of aromatic nitrogens is 2. The Kier molecular flexibility index (Phi) is 6.22. The maximum Gasteiger partial charge on any atom is 0.0992 e. The number of nitriles is 2. The number of rotatable bonds is 4. The van der Waals surface area contributed by atoms with Crippen LogP contribution in [0, 0.1) is 22.7 Å². The Bertz CT molecular complexity index is 2690. The second-order valence-electron chi connectivity index (χ2n) is 12.0. The molecule has 0 bridgehead atoms. The van der Waals surface area contributed by atoms with Crippen LogP contribution in [0.3, 0.4) is 0 Å². The topological polar surface area (TPSA) is 57.4 Å². The van der Waals surface area contributed by atoms with Crippen molar-refractivity contribution < 1.29 is 0 Å². The third-order valence-electron chi connectivity index (χ3n) is 9.40. The van der Waals surface area contributed by atoms with E-state index in [4.69, 9.17) is 0 Å². The molecule has 0 saturated heterocycles. The molecule has 0 unspecified atom stereocenters. The minimum Gasteiger partial charge on any atom is -0.309 e. The average Bonchev–Trinajstić information content (AvgIpc) is 3.67. The van der Waals surface area contributed by atoms with Crippen LogP contribution in [0.1, 0.15) is 11.1 Å². The molecular formula is C44H26N4. The van der Waals surface area contributed by atoms with Crippen LogP contribution in [-0.2, 0) is 0 Å². The van der Waals surface area contributed by atoms with Crippen molar-refractivity contribution in [2.45, 2.75) is 0 Å². The summed E-state index contributed by atoms with van der Waals surface area (Å²) in [6, 6.07) is 58.9. The smallest absolute Gasteiger partial charge is 0.0992 e. The number of fused-ring (bicyclic) bond motifs is 6. The Balaban J connectivity index is 1.26. The zero-order chi connectivity index (χ0) is 32.2. The standard InChI is InChI=1S/C44H26N4/c45-27-29-17-23-33(38-24-18-30(28-46)26-44(38)48-42-15-7-3-11-36(42)37-12-4-8-16-43(37)48)39(25-29)31-19-21-32(22-20-31)47-40-13-5-1-9-34(40)35-10-2-6-14-41(35)47/h1-26H. The third-order valence-corrected chi connectivity index (χ3v) is 9.40. The van der Waals surface area contributed by atoms with E-state index < -0.39 is 0 Å². The van der Waals surface area contributed by atoms with Crippen molar-refractivity contribution in [3.8, 4) is 45.8 Å². The van der Waals surface area contributed by atoms with Crippen LogP contribution in [0.5, 0.6) is 0 Å². The maximum absolute atomic E-state index is 9.99. The van der Waals surface area contributed by atoms with Crippen molar-refractivity contribution in [3.63, 3.8) is 0 Å². The van der Waals surface area contributed by atoms with E-state index >= 15 is 0 Å². The molecular weight excluding hydrogens is 585 g/mol. The van der Waals surface area contributed by atoms with Gasteiger partial charge in [0.1, 0.15) is 0 Å². The summed E-state index contributed by atoms with van der Waals surface area (Å²) in [5.41, 5.74) is 11.5. The highest BCUT2D eigenvalue weighted by atomic mass is 15.0. The molecule has 0 atom stereocenters. The van der Waals surface area contributed by atoms with Crippen LogP contribution < -0.4 is 0 Å². The summed E-state index contributed by atoms with van der Waals surface area (Å²) in [7, 11) is 0. The first-order valence-electron chi connectivity index (χ1n) is 15.9. The maximum atomic E-state index is 9.99. The zero-order valence-electron chi connectivity index (χ0n) is 25.8. The van der Waals surface area contributed by atoms with E-state index in [0.717, 1.165) is 66.5 Å². The first kappa shape index (κ1) is 27.4. The van der Waals surface area contributed by atoms with Gasteiger partial charge in [0.15, 0.2) is 0 Å². The largest absolute Gasteiger partial charge is 0.309 e. The summed E-state index contributed by atoms with van der Waals surface area (Å²) in [5.74, 6) is 0. The first-order chi connectivity index (χ1) is 23.7. The van der Waals surface area contributed by atoms with Crippen LogP contribution in [0.2, 0.25) is 0 Å². The molecule has 48 heavy (non-hydrogen) atoms. The second kappa shape index (κ2) is 10.9. The Labute approximate surface area is 277 Å². The van der Waals surface area contributed by atoms with Crippen molar-refractivity contribution in [1.29, 1.82) is 10.5 Å². The van der Waals surface area contributed by atoms with Crippen molar-refractivity contribution in [1.82, 2.24) is 9.13 Å². The molecule has 4 nitrogen and oxygen atoms in total. The number of hydrogen-bond donors (Lipinski definition) is 0. The Hall–Kier alpha value is -6.88. The Morgan fingerprint density at radius 3 is 1.31 bits per heavy atom. The van der Waals surface area contributed by atoms with Gasteiger partial charge in [-0.2, -0.15) is 10.5 Å². The number of hydrogen-bond acceptors (Lipinski definition) is 2. The highest BCUT2D eigenvalue weighted by Crippen LogP contribution is 2.41. The van der Waals surface area contributed by atoms with E-state index in [-0.39, 0.29) is 0 Å². The summed E-state index contributed by atoms with van der Waals surface area (Å²) in [4.78, 5) is 0. The summed E-state index contributed by atoms with van der Waals surface area (Å²) >= 11 is 0. The van der Waals surface area contributed by atoms with Gasteiger partial charge >= 0.3 is 0 Å². The monoisotopic (exact) mass is 610 g/mol. The normalized spacial score (nSPS) is 11.3. The molecule has 0 spiro atoms. The van der Waals surface area contributed by atoms with Crippen LogP contribution in [0.25, 0.3) is 77.2 Å².